The van der Waals surface area contributed by atoms with Crippen molar-refractivity contribution >= 4 is 108 Å². The van der Waals surface area contributed by atoms with Gasteiger partial charge in [-0.2, -0.15) is 0 Å². The number of furan rings is 1. The number of nitrogens with zero attached hydrogens (tertiary/aromatic N) is 4. The maximum absolute atomic E-state index is 6.93. The number of hydrogen-bond acceptors (Lipinski definition) is 5. The highest BCUT2D eigenvalue weighted by Gasteiger charge is 2.23. The van der Waals surface area contributed by atoms with Crippen LogP contribution in [0.4, 0.5) is 0 Å². The molecule has 0 aliphatic carbocycles. The molecule has 0 unspecified atom stereocenters. The Morgan fingerprint density at radius 2 is 0.921 bits per heavy atom. The first-order valence-electron chi connectivity index (χ1n) is 21.2. The Hall–Kier alpha value is -8.19. The molecule has 63 heavy (non-hydrogen) atoms. The number of hydrogen-bond donors (Lipinski definition) is 0. The molecule has 14 aromatic rings. The van der Waals surface area contributed by atoms with Crippen LogP contribution in [0.1, 0.15) is 0 Å². The summed E-state index contributed by atoms with van der Waals surface area (Å²) in [6.07, 6.45) is 0. The fourth-order valence-electron chi connectivity index (χ4n) is 9.75. The smallest absolute Gasteiger partial charge is 0.164 e. The van der Waals surface area contributed by atoms with Gasteiger partial charge in [0.15, 0.2) is 17.5 Å². The van der Waals surface area contributed by atoms with Gasteiger partial charge >= 0.3 is 0 Å². The quantitative estimate of drug-likeness (QED) is 0.177. The molecule has 0 radical (unpaired) electrons. The number of benzene rings is 10. The van der Waals surface area contributed by atoms with Gasteiger partial charge in [-0.25, -0.2) is 15.0 Å². The normalized spacial score (nSPS) is 12.1. The highest BCUT2D eigenvalue weighted by atomic mass is 32.1. The van der Waals surface area contributed by atoms with Crippen molar-refractivity contribution in [2.45, 2.75) is 0 Å². The van der Waals surface area contributed by atoms with Crippen LogP contribution < -0.4 is 0 Å². The van der Waals surface area contributed by atoms with Crippen molar-refractivity contribution in [1.29, 1.82) is 0 Å². The molecule has 0 aliphatic heterocycles. The minimum Gasteiger partial charge on any atom is -0.456 e. The average Bonchev–Trinajstić information content (AvgIpc) is 4.00. The fourth-order valence-corrected chi connectivity index (χ4v) is 10.9. The van der Waals surface area contributed by atoms with E-state index in [1.807, 2.05) is 0 Å². The Morgan fingerprint density at radius 3 is 1.70 bits per heavy atom. The lowest BCUT2D eigenvalue weighted by atomic mass is 10.0. The predicted molar refractivity (Wildman–Crippen MR) is 263 cm³/mol. The molecular weight excluding hydrogens is 789 g/mol. The summed E-state index contributed by atoms with van der Waals surface area (Å²) in [5.41, 5.74) is 7.52. The van der Waals surface area contributed by atoms with Crippen LogP contribution in [-0.4, -0.2) is 19.5 Å². The van der Waals surface area contributed by atoms with E-state index in [0.29, 0.717) is 17.5 Å². The zero-order valence-corrected chi connectivity index (χ0v) is 34.4. The summed E-state index contributed by atoms with van der Waals surface area (Å²) in [5, 5.41) is 13.9. The zero-order chi connectivity index (χ0) is 41.2. The molecule has 14 rings (SSSR count). The van der Waals surface area contributed by atoms with Gasteiger partial charge in [0.1, 0.15) is 11.2 Å². The molecule has 292 valence electrons. The molecule has 0 saturated carbocycles. The maximum atomic E-state index is 6.93. The summed E-state index contributed by atoms with van der Waals surface area (Å²) in [7, 11) is 0. The van der Waals surface area contributed by atoms with Gasteiger partial charge in [-0.1, -0.05) is 133 Å². The summed E-state index contributed by atoms with van der Waals surface area (Å²) >= 11 is 1.79. The standard InChI is InChI=1S/C57H32N4OS/c1-2-12-34-25-39(22-21-33(34)11-1)55-58-56(40-23-24-44-43-18-8-10-20-52(43)63-53(44)32-40)60-57(59-55)41-29-49(54-46-27-36-14-4-6-16-38(36)30-50(46)62-51(54)31-41)61-47-19-9-7-17-42(47)45-26-35-13-3-5-15-37(35)28-48(45)61/h1-32H. The third-order valence-corrected chi connectivity index (χ3v) is 13.9. The first-order chi connectivity index (χ1) is 31.2. The third kappa shape index (κ3) is 5.32. The molecule has 4 aromatic heterocycles. The van der Waals surface area contributed by atoms with Crippen LogP contribution in [0.5, 0.6) is 0 Å². The molecule has 0 amide bonds. The highest BCUT2D eigenvalue weighted by Crippen LogP contribution is 2.43. The van der Waals surface area contributed by atoms with Crippen molar-refractivity contribution in [1.82, 2.24) is 19.5 Å². The average molecular weight is 821 g/mol. The van der Waals surface area contributed by atoms with Crippen LogP contribution in [0.15, 0.2) is 199 Å². The van der Waals surface area contributed by atoms with Gasteiger partial charge in [-0.15, -0.1) is 11.3 Å². The van der Waals surface area contributed by atoms with Crippen LogP contribution in [0.3, 0.4) is 0 Å². The van der Waals surface area contributed by atoms with Gasteiger partial charge in [-0.05, 0) is 93.0 Å². The Kier molecular flexibility index (Phi) is 7.21. The van der Waals surface area contributed by atoms with E-state index in [4.69, 9.17) is 19.4 Å². The van der Waals surface area contributed by atoms with E-state index in [1.165, 1.54) is 41.7 Å². The predicted octanol–water partition coefficient (Wildman–Crippen LogP) is 15.7. The minimum absolute atomic E-state index is 0.569. The van der Waals surface area contributed by atoms with Crippen LogP contribution in [0, 0.1) is 0 Å². The summed E-state index contributed by atoms with van der Waals surface area (Å²) < 4.78 is 11.8. The molecule has 0 aliphatic rings. The number of aromatic nitrogens is 4. The molecule has 0 atom stereocenters. The van der Waals surface area contributed by atoms with Gasteiger partial charge in [0.2, 0.25) is 0 Å². The number of thiophene rings is 1. The summed E-state index contributed by atoms with van der Waals surface area (Å²) in [6.45, 7) is 0. The van der Waals surface area contributed by atoms with E-state index in [2.05, 4.69) is 199 Å². The zero-order valence-electron chi connectivity index (χ0n) is 33.6. The third-order valence-electron chi connectivity index (χ3n) is 12.7. The Labute approximate surface area is 363 Å². The van der Waals surface area contributed by atoms with E-state index < -0.39 is 0 Å². The second-order valence-corrected chi connectivity index (χ2v) is 17.5. The number of rotatable bonds is 4. The van der Waals surface area contributed by atoms with E-state index in [9.17, 15) is 0 Å². The van der Waals surface area contributed by atoms with E-state index in [0.717, 1.165) is 76.9 Å². The van der Waals surface area contributed by atoms with Gasteiger partial charge < -0.3 is 8.98 Å². The largest absolute Gasteiger partial charge is 0.456 e. The molecule has 0 spiro atoms. The van der Waals surface area contributed by atoms with Gasteiger partial charge in [0, 0.05) is 53.0 Å². The first-order valence-corrected chi connectivity index (χ1v) is 22.0. The van der Waals surface area contributed by atoms with E-state index >= 15 is 0 Å². The van der Waals surface area contributed by atoms with Crippen molar-refractivity contribution < 1.29 is 4.42 Å². The molecule has 0 saturated heterocycles. The van der Waals surface area contributed by atoms with E-state index in [-0.39, 0.29) is 0 Å². The monoisotopic (exact) mass is 820 g/mol. The minimum atomic E-state index is 0.569. The van der Waals surface area contributed by atoms with Gasteiger partial charge in [0.25, 0.3) is 0 Å². The van der Waals surface area contributed by atoms with Crippen LogP contribution in [0.25, 0.3) is 136 Å². The molecule has 10 aromatic carbocycles. The number of para-hydroxylation sites is 1. The Bertz CT molecular complexity index is 4230. The van der Waals surface area contributed by atoms with Crippen molar-refractivity contribution in [2.24, 2.45) is 0 Å². The molecule has 0 fully saturated rings. The molecule has 5 nitrogen and oxygen atoms in total. The molecular formula is C57H32N4OS. The highest BCUT2D eigenvalue weighted by molar-refractivity contribution is 7.25. The lowest BCUT2D eigenvalue weighted by Gasteiger charge is -2.14. The molecule has 0 bridgehead atoms. The first kappa shape index (κ1) is 34.5. The fraction of sp³-hybridized carbons (Fsp3) is 0. The van der Waals surface area contributed by atoms with Crippen molar-refractivity contribution in [3.8, 4) is 39.9 Å². The summed E-state index contributed by atoms with van der Waals surface area (Å²) in [6, 6.07) is 69.3. The lowest BCUT2D eigenvalue weighted by molar-refractivity contribution is 0.669. The lowest BCUT2D eigenvalue weighted by Crippen LogP contribution is -2.01. The second kappa shape index (κ2) is 13.2. The Balaban J connectivity index is 1.08. The van der Waals surface area contributed by atoms with Gasteiger partial charge in [0.05, 0.1) is 22.1 Å². The van der Waals surface area contributed by atoms with Crippen molar-refractivity contribution in [3.63, 3.8) is 0 Å². The summed E-state index contributed by atoms with van der Waals surface area (Å²) in [4.78, 5) is 15.9. The van der Waals surface area contributed by atoms with Crippen molar-refractivity contribution in [2.75, 3.05) is 0 Å². The van der Waals surface area contributed by atoms with Crippen LogP contribution >= 0.6 is 11.3 Å². The topological polar surface area (TPSA) is 56.7 Å². The van der Waals surface area contributed by atoms with Gasteiger partial charge in [-0.3, -0.25) is 0 Å². The Morgan fingerprint density at radius 1 is 0.349 bits per heavy atom. The summed E-state index contributed by atoms with van der Waals surface area (Å²) in [5.74, 6) is 1.79. The van der Waals surface area contributed by atoms with E-state index in [1.54, 1.807) is 11.3 Å². The van der Waals surface area contributed by atoms with Crippen molar-refractivity contribution in [3.05, 3.63) is 194 Å². The maximum Gasteiger partial charge on any atom is 0.164 e. The van der Waals surface area contributed by atoms with Crippen LogP contribution in [-0.2, 0) is 0 Å². The molecule has 6 heteroatoms. The SMILES string of the molecule is c1ccc2cc(-c3nc(-c4cc(-n5c6ccccc6c6cc7ccccc7cc65)c5c(c4)oc4cc6ccccc6cc45)nc(-c4ccc5c(c4)sc4ccccc45)n3)ccc2c1. The molecule has 4 heterocycles. The second-order valence-electron chi connectivity index (χ2n) is 16.4. The number of fused-ring (bicyclic) bond motifs is 12. The molecule has 0 N–H and O–H groups in total. The van der Waals surface area contributed by atoms with Crippen LogP contribution in [0.2, 0.25) is 0 Å².